The van der Waals surface area contributed by atoms with Crippen LogP contribution in [-0.2, 0) is 0 Å². The quantitative estimate of drug-likeness (QED) is 0.601. The second-order valence-corrected chi connectivity index (χ2v) is 8.46. The molecular formula is C16H31N. The van der Waals surface area contributed by atoms with Crippen LogP contribution < -0.4 is 0 Å². The molecule has 1 nitrogen and oxygen atoms in total. The monoisotopic (exact) mass is 237 g/mol. The molecule has 0 aromatic heterocycles. The molecule has 1 heterocycles. The SMILES string of the molecule is CC(C)(C)C1CCN(C(C)(C)C)C2(CCC2)C1. The smallest absolute Gasteiger partial charge is 0.0217 e. The van der Waals surface area contributed by atoms with Crippen molar-refractivity contribution in [3.8, 4) is 0 Å². The summed E-state index contributed by atoms with van der Waals surface area (Å²) in [6, 6.07) is 0. The predicted octanol–water partition coefficient (Wildman–Crippen LogP) is 4.47. The third-order valence-corrected chi connectivity index (χ3v) is 5.22. The van der Waals surface area contributed by atoms with E-state index in [0.29, 0.717) is 16.5 Å². The minimum atomic E-state index is 0.350. The van der Waals surface area contributed by atoms with E-state index in [4.69, 9.17) is 0 Å². The zero-order chi connectivity index (χ0) is 12.9. The Labute approximate surface area is 108 Å². The molecule has 2 aliphatic rings. The van der Waals surface area contributed by atoms with Crippen molar-refractivity contribution in [3.05, 3.63) is 0 Å². The second kappa shape index (κ2) is 3.98. The zero-order valence-electron chi connectivity index (χ0n) is 12.8. The van der Waals surface area contributed by atoms with E-state index >= 15 is 0 Å². The Balaban J connectivity index is 2.16. The average molecular weight is 237 g/mol. The van der Waals surface area contributed by atoms with Gasteiger partial charge in [-0.15, -0.1) is 0 Å². The maximum absolute atomic E-state index is 2.83. The minimum absolute atomic E-state index is 0.350. The molecule has 17 heavy (non-hydrogen) atoms. The van der Waals surface area contributed by atoms with Crippen LogP contribution in [0.3, 0.4) is 0 Å². The summed E-state index contributed by atoms with van der Waals surface area (Å²) in [4.78, 5) is 2.83. The van der Waals surface area contributed by atoms with Crippen molar-refractivity contribution in [1.29, 1.82) is 0 Å². The summed E-state index contributed by atoms with van der Waals surface area (Å²) < 4.78 is 0. The fourth-order valence-electron chi connectivity index (χ4n) is 4.04. The van der Waals surface area contributed by atoms with Gasteiger partial charge in [0.05, 0.1) is 0 Å². The van der Waals surface area contributed by atoms with Gasteiger partial charge in [0.25, 0.3) is 0 Å². The number of hydrogen-bond donors (Lipinski definition) is 0. The minimum Gasteiger partial charge on any atom is -0.293 e. The molecule has 0 bridgehead atoms. The van der Waals surface area contributed by atoms with Gasteiger partial charge in [0.1, 0.15) is 0 Å². The van der Waals surface area contributed by atoms with Crippen LogP contribution in [0.2, 0.25) is 0 Å². The van der Waals surface area contributed by atoms with Gasteiger partial charge in [-0.25, -0.2) is 0 Å². The lowest BCUT2D eigenvalue weighted by Crippen LogP contribution is -2.64. The third kappa shape index (κ3) is 2.41. The van der Waals surface area contributed by atoms with E-state index in [2.05, 4.69) is 46.4 Å². The summed E-state index contributed by atoms with van der Waals surface area (Å²) in [5.74, 6) is 0.918. The lowest BCUT2D eigenvalue weighted by Gasteiger charge is -2.61. The van der Waals surface area contributed by atoms with Gasteiger partial charge in [0.2, 0.25) is 0 Å². The molecule has 1 atom stereocenters. The predicted molar refractivity (Wildman–Crippen MR) is 75.2 cm³/mol. The van der Waals surface area contributed by atoms with Gasteiger partial charge in [0, 0.05) is 11.1 Å². The Morgan fingerprint density at radius 3 is 1.94 bits per heavy atom. The van der Waals surface area contributed by atoms with Crippen molar-refractivity contribution >= 4 is 0 Å². The molecule has 1 aliphatic carbocycles. The van der Waals surface area contributed by atoms with Crippen LogP contribution in [0.1, 0.15) is 73.6 Å². The van der Waals surface area contributed by atoms with Crippen molar-refractivity contribution in [3.63, 3.8) is 0 Å². The van der Waals surface area contributed by atoms with Crippen LogP contribution in [0.4, 0.5) is 0 Å². The zero-order valence-corrected chi connectivity index (χ0v) is 12.8. The summed E-state index contributed by atoms with van der Waals surface area (Å²) in [6.45, 7) is 15.8. The van der Waals surface area contributed by atoms with Crippen LogP contribution in [-0.4, -0.2) is 22.5 Å². The number of rotatable bonds is 0. The lowest BCUT2D eigenvalue weighted by atomic mass is 9.61. The van der Waals surface area contributed by atoms with Gasteiger partial charge in [-0.3, -0.25) is 4.90 Å². The van der Waals surface area contributed by atoms with Crippen LogP contribution in [0, 0.1) is 11.3 Å². The van der Waals surface area contributed by atoms with Crippen LogP contribution >= 0.6 is 0 Å². The summed E-state index contributed by atoms with van der Waals surface area (Å²) in [5, 5.41) is 0. The fourth-order valence-corrected chi connectivity index (χ4v) is 4.04. The molecule has 0 radical (unpaired) electrons. The van der Waals surface area contributed by atoms with Gasteiger partial charge in [-0.1, -0.05) is 20.8 Å². The molecule has 1 spiro atoms. The number of piperidine rings is 1. The molecule has 2 rings (SSSR count). The number of nitrogens with zero attached hydrogens (tertiary/aromatic N) is 1. The van der Waals surface area contributed by atoms with Crippen LogP contribution in [0.5, 0.6) is 0 Å². The molecule has 0 N–H and O–H groups in total. The first-order valence-electron chi connectivity index (χ1n) is 7.43. The number of hydrogen-bond acceptors (Lipinski definition) is 1. The Bertz CT molecular complexity index is 275. The lowest BCUT2D eigenvalue weighted by molar-refractivity contribution is -0.103. The Morgan fingerprint density at radius 2 is 1.59 bits per heavy atom. The molecule has 1 saturated carbocycles. The summed E-state index contributed by atoms with van der Waals surface area (Å²) in [7, 11) is 0. The van der Waals surface area contributed by atoms with E-state index in [9.17, 15) is 0 Å². The largest absolute Gasteiger partial charge is 0.293 e. The Hall–Kier alpha value is -0.0400. The van der Waals surface area contributed by atoms with Gasteiger partial charge in [-0.2, -0.15) is 0 Å². The van der Waals surface area contributed by atoms with Gasteiger partial charge < -0.3 is 0 Å². The normalized spacial score (nSPS) is 30.4. The van der Waals surface area contributed by atoms with E-state index in [1.54, 1.807) is 0 Å². The van der Waals surface area contributed by atoms with Gasteiger partial charge >= 0.3 is 0 Å². The standard InChI is InChI=1S/C16H31N/c1-14(2,3)13-8-11-17(15(4,5)6)16(12-13)9-7-10-16/h13H,7-12H2,1-6H3. The fraction of sp³-hybridized carbons (Fsp3) is 1.00. The maximum Gasteiger partial charge on any atom is 0.0217 e. The third-order valence-electron chi connectivity index (χ3n) is 5.22. The highest BCUT2D eigenvalue weighted by Crippen LogP contribution is 2.52. The Kier molecular flexibility index (Phi) is 3.14. The van der Waals surface area contributed by atoms with E-state index in [1.165, 1.54) is 38.6 Å². The molecule has 0 aromatic carbocycles. The number of likely N-dealkylation sites (tertiary alicyclic amines) is 1. The van der Waals surface area contributed by atoms with Crippen molar-refractivity contribution in [2.75, 3.05) is 6.54 Å². The van der Waals surface area contributed by atoms with Crippen LogP contribution in [0.15, 0.2) is 0 Å². The molecule has 0 amide bonds. The molecule has 100 valence electrons. The van der Waals surface area contributed by atoms with Crippen molar-refractivity contribution in [2.24, 2.45) is 11.3 Å². The topological polar surface area (TPSA) is 3.24 Å². The molecule has 1 saturated heterocycles. The molecule has 1 unspecified atom stereocenters. The van der Waals surface area contributed by atoms with Crippen molar-refractivity contribution in [2.45, 2.75) is 84.7 Å². The van der Waals surface area contributed by atoms with E-state index < -0.39 is 0 Å². The second-order valence-electron chi connectivity index (χ2n) is 8.46. The van der Waals surface area contributed by atoms with Crippen molar-refractivity contribution < 1.29 is 0 Å². The molecule has 2 fully saturated rings. The van der Waals surface area contributed by atoms with Crippen LogP contribution in [0.25, 0.3) is 0 Å². The highest BCUT2D eigenvalue weighted by molar-refractivity contribution is 5.06. The highest BCUT2D eigenvalue weighted by Gasteiger charge is 2.51. The first-order valence-corrected chi connectivity index (χ1v) is 7.43. The molecule has 0 aromatic rings. The maximum atomic E-state index is 2.83. The van der Waals surface area contributed by atoms with Gasteiger partial charge in [-0.05, 0) is 70.8 Å². The Morgan fingerprint density at radius 1 is 1.00 bits per heavy atom. The molecular weight excluding hydrogens is 206 g/mol. The van der Waals surface area contributed by atoms with E-state index in [0.717, 1.165) is 5.92 Å². The molecule has 1 heteroatoms. The van der Waals surface area contributed by atoms with E-state index in [-0.39, 0.29) is 0 Å². The first kappa shape index (κ1) is 13.4. The summed E-state index contributed by atoms with van der Waals surface area (Å²) in [5.41, 5.74) is 1.41. The molecule has 1 aliphatic heterocycles. The average Bonchev–Trinajstić information content (AvgIpc) is 2.11. The first-order chi connectivity index (χ1) is 7.65. The summed E-state index contributed by atoms with van der Waals surface area (Å²) >= 11 is 0. The van der Waals surface area contributed by atoms with E-state index in [1.807, 2.05) is 0 Å². The highest BCUT2D eigenvalue weighted by atomic mass is 15.3. The van der Waals surface area contributed by atoms with Gasteiger partial charge in [0.15, 0.2) is 0 Å². The van der Waals surface area contributed by atoms with Crippen molar-refractivity contribution in [1.82, 2.24) is 4.90 Å². The summed E-state index contributed by atoms with van der Waals surface area (Å²) in [6.07, 6.45) is 7.16.